The molecule has 0 aliphatic carbocycles. The highest BCUT2D eigenvalue weighted by Crippen LogP contribution is 2.14. The van der Waals surface area contributed by atoms with Crippen molar-refractivity contribution in [3.63, 3.8) is 0 Å². The molecule has 22 heavy (non-hydrogen) atoms. The second kappa shape index (κ2) is 7.82. The average Bonchev–Trinajstić information content (AvgIpc) is 2.43. The monoisotopic (exact) mass is 306 g/mol. The van der Waals surface area contributed by atoms with Crippen molar-refractivity contribution < 1.29 is 14.3 Å². The van der Waals surface area contributed by atoms with Gasteiger partial charge < -0.3 is 4.74 Å². The Bertz CT molecular complexity index is 502. The molecule has 1 rings (SSSR count). The number of hydrogen-bond acceptors (Lipinski definition) is 3. The molecular formula is C17H26N2O3. The van der Waals surface area contributed by atoms with Crippen molar-refractivity contribution in [2.75, 3.05) is 6.61 Å². The molecule has 0 atom stereocenters. The van der Waals surface area contributed by atoms with Crippen LogP contribution < -0.4 is 15.6 Å². The molecule has 0 aliphatic rings. The third kappa shape index (κ3) is 6.16. The maximum absolute atomic E-state index is 11.9. The first-order chi connectivity index (χ1) is 10.2. The minimum absolute atomic E-state index is 0.241. The van der Waals surface area contributed by atoms with E-state index in [4.69, 9.17) is 4.74 Å². The van der Waals surface area contributed by atoms with E-state index in [9.17, 15) is 9.59 Å². The van der Waals surface area contributed by atoms with Gasteiger partial charge in [-0.15, -0.1) is 0 Å². The van der Waals surface area contributed by atoms with Gasteiger partial charge in [0.1, 0.15) is 5.75 Å². The van der Waals surface area contributed by atoms with Crippen molar-refractivity contribution >= 4 is 11.8 Å². The summed E-state index contributed by atoms with van der Waals surface area (Å²) in [5.74, 6) is 0.730. The molecule has 0 aliphatic heterocycles. The van der Waals surface area contributed by atoms with Crippen molar-refractivity contribution in [1.82, 2.24) is 10.9 Å². The van der Waals surface area contributed by atoms with Crippen LogP contribution in [-0.2, 0) is 4.79 Å². The average molecular weight is 306 g/mol. The first-order valence-electron chi connectivity index (χ1n) is 7.54. The van der Waals surface area contributed by atoms with Crippen LogP contribution in [0.3, 0.4) is 0 Å². The summed E-state index contributed by atoms with van der Waals surface area (Å²) in [5, 5.41) is 0. The van der Waals surface area contributed by atoms with E-state index in [1.807, 2.05) is 0 Å². The fourth-order valence-corrected chi connectivity index (χ4v) is 1.49. The Kier molecular flexibility index (Phi) is 6.40. The molecule has 0 saturated heterocycles. The van der Waals surface area contributed by atoms with Crippen LogP contribution in [0.4, 0.5) is 0 Å². The molecule has 1 aromatic carbocycles. The highest BCUT2D eigenvalue weighted by atomic mass is 16.5. The van der Waals surface area contributed by atoms with Gasteiger partial charge in [-0.25, -0.2) is 0 Å². The van der Waals surface area contributed by atoms with Gasteiger partial charge in [-0.3, -0.25) is 20.4 Å². The molecule has 0 heterocycles. The van der Waals surface area contributed by atoms with Gasteiger partial charge in [-0.05, 0) is 36.6 Å². The zero-order valence-electron chi connectivity index (χ0n) is 14.0. The maximum atomic E-state index is 11.9. The summed E-state index contributed by atoms with van der Waals surface area (Å²) >= 11 is 0. The van der Waals surface area contributed by atoms with Crippen LogP contribution in [0.1, 0.15) is 51.4 Å². The zero-order chi connectivity index (χ0) is 16.8. The Hall–Kier alpha value is -2.04. The molecule has 0 aromatic heterocycles. The molecule has 1 aromatic rings. The quantitative estimate of drug-likeness (QED) is 0.822. The fourth-order valence-electron chi connectivity index (χ4n) is 1.49. The summed E-state index contributed by atoms with van der Waals surface area (Å²) in [6, 6.07) is 6.84. The molecule has 0 bridgehead atoms. The number of ether oxygens (including phenoxy) is 1. The smallest absolute Gasteiger partial charge is 0.269 e. The molecular weight excluding hydrogens is 280 g/mol. The van der Waals surface area contributed by atoms with Gasteiger partial charge in [0.15, 0.2) is 0 Å². The molecule has 0 saturated carbocycles. The third-order valence-corrected chi connectivity index (χ3v) is 3.05. The third-order valence-electron chi connectivity index (χ3n) is 3.05. The van der Waals surface area contributed by atoms with Crippen molar-refractivity contribution in [1.29, 1.82) is 0 Å². The first-order valence-corrected chi connectivity index (χ1v) is 7.54. The van der Waals surface area contributed by atoms with Gasteiger partial charge in [0.25, 0.3) is 5.91 Å². The van der Waals surface area contributed by atoms with Crippen LogP contribution in [0.15, 0.2) is 24.3 Å². The van der Waals surface area contributed by atoms with E-state index in [1.54, 1.807) is 45.0 Å². The molecule has 5 heteroatoms. The largest absolute Gasteiger partial charge is 0.494 e. The van der Waals surface area contributed by atoms with E-state index in [0.717, 1.165) is 12.2 Å². The minimum Gasteiger partial charge on any atom is -0.494 e. The Morgan fingerprint density at radius 2 is 1.68 bits per heavy atom. The summed E-state index contributed by atoms with van der Waals surface area (Å²) in [6.45, 7) is 10.3. The Morgan fingerprint density at radius 3 is 2.18 bits per heavy atom. The van der Waals surface area contributed by atoms with E-state index in [0.29, 0.717) is 18.1 Å². The summed E-state index contributed by atoms with van der Waals surface area (Å²) in [5.41, 5.74) is 4.73. The lowest BCUT2D eigenvalue weighted by atomic mass is 9.96. The molecule has 2 N–H and O–H groups in total. The Balaban J connectivity index is 2.48. The lowest BCUT2D eigenvalue weighted by molar-refractivity contribution is -0.129. The van der Waals surface area contributed by atoms with Crippen LogP contribution in [0.5, 0.6) is 5.75 Å². The number of carbonyl (C=O) groups excluding carboxylic acids is 2. The predicted molar refractivity (Wildman–Crippen MR) is 86.5 cm³/mol. The minimum atomic E-state index is -0.554. The Labute approximate surface area is 132 Å². The lowest BCUT2D eigenvalue weighted by Crippen LogP contribution is -2.46. The molecule has 0 radical (unpaired) electrons. The standard InChI is InChI=1S/C17H26N2O3/c1-12(2)10-11-22-14-8-6-13(7-9-14)15(20)18-19-16(21)17(3,4)5/h6-9,12H,10-11H2,1-5H3,(H,18,20)(H,19,21). The van der Waals surface area contributed by atoms with E-state index in [2.05, 4.69) is 24.7 Å². The molecule has 2 amide bonds. The predicted octanol–water partition coefficient (Wildman–Crippen LogP) is 2.92. The summed E-state index contributed by atoms with van der Waals surface area (Å²) in [7, 11) is 0. The van der Waals surface area contributed by atoms with Crippen molar-refractivity contribution in [2.45, 2.75) is 41.0 Å². The van der Waals surface area contributed by atoms with E-state index in [-0.39, 0.29) is 11.8 Å². The second-order valence-corrected chi connectivity index (χ2v) is 6.71. The van der Waals surface area contributed by atoms with E-state index >= 15 is 0 Å². The van der Waals surface area contributed by atoms with Crippen LogP contribution in [0.25, 0.3) is 0 Å². The number of rotatable bonds is 5. The van der Waals surface area contributed by atoms with Crippen LogP contribution >= 0.6 is 0 Å². The number of amides is 2. The normalized spacial score (nSPS) is 11.2. The highest BCUT2D eigenvalue weighted by molar-refractivity contribution is 5.95. The lowest BCUT2D eigenvalue weighted by Gasteiger charge is -2.17. The molecule has 5 nitrogen and oxygen atoms in total. The summed E-state index contributed by atoms with van der Waals surface area (Å²) < 4.78 is 5.59. The SMILES string of the molecule is CC(C)CCOc1ccc(C(=O)NNC(=O)C(C)(C)C)cc1. The number of hydrogen-bond donors (Lipinski definition) is 2. The Morgan fingerprint density at radius 1 is 1.09 bits per heavy atom. The molecule has 0 unspecified atom stereocenters. The van der Waals surface area contributed by atoms with E-state index in [1.165, 1.54) is 0 Å². The van der Waals surface area contributed by atoms with Gasteiger partial charge in [-0.1, -0.05) is 34.6 Å². The van der Waals surface area contributed by atoms with Gasteiger partial charge in [0.05, 0.1) is 6.61 Å². The molecule has 0 fully saturated rings. The maximum Gasteiger partial charge on any atom is 0.269 e. The van der Waals surface area contributed by atoms with Crippen LogP contribution in [0, 0.1) is 11.3 Å². The van der Waals surface area contributed by atoms with Gasteiger partial charge in [0, 0.05) is 11.0 Å². The topological polar surface area (TPSA) is 67.4 Å². The number of hydrazine groups is 1. The van der Waals surface area contributed by atoms with Crippen LogP contribution in [0.2, 0.25) is 0 Å². The highest BCUT2D eigenvalue weighted by Gasteiger charge is 2.21. The van der Waals surface area contributed by atoms with Gasteiger partial charge in [-0.2, -0.15) is 0 Å². The number of benzene rings is 1. The summed E-state index contributed by atoms with van der Waals surface area (Å²) in [6.07, 6.45) is 0.987. The van der Waals surface area contributed by atoms with Crippen LogP contribution in [-0.4, -0.2) is 18.4 Å². The number of carbonyl (C=O) groups is 2. The van der Waals surface area contributed by atoms with Crippen molar-refractivity contribution in [3.05, 3.63) is 29.8 Å². The zero-order valence-corrected chi connectivity index (χ0v) is 14.0. The van der Waals surface area contributed by atoms with E-state index < -0.39 is 5.41 Å². The van der Waals surface area contributed by atoms with Crippen molar-refractivity contribution in [2.24, 2.45) is 11.3 Å². The van der Waals surface area contributed by atoms with Crippen molar-refractivity contribution in [3.8, 4) is 5.75 Å². The number of nitrogens with one attached hydrogen (secondary N) is 2. The second-order valence-electron chi connectivity index (χ2n) is 6.71. The fraction of sp³-hybridized carbons (Fsp3) is 0.529. The summed E-state index contributed by atoms with van der Waals surface area (Å²) in [4.78, 5) is 23.6. The first kappa shape index (κ1) is 18.0. The van der Waals surface area contributed by atoms with Gasteiger partial charge >= 0.3 is 0 Å². The molecule has 0 spiro atoms. The molecule has 122 valence electrons. The van der Waals surface area contributed by atoms with Gasteiger partial charge in [0.2, 0.25) is 5.91 Å².